The van der Waals surface area contributed by atoms with E-state index in [-0.39, 0.29) is 11.4 Å². The summed E-state index contributed by atoms with van der Waals surface area (Å²) < 4.78 is 10.3. The Morgan fingerprint density at radius 2 is 1.88 bits per heavy atom. The number of hydrazone groups is 1. The number of rotatable bonds is 7. The Hall–Kier alpha value is -3.42. The number of ether oxygens (including phenoxy) is 2. The van der Waals surface area contributed by atoms with Gasteiger partial charge in [0, 0.05) is 11.6 Å². The van der Waals surface area contributed by atoms with Crippen molar-refractivity contribution in [3.05, 3.63) is 64.2 Å². The van der Waals surface area contributed by atoms with E-state index in [2.05, 4.69) is 10.5 Å². The average molecular weight is 329 g/mol. The van der Waals surface area contributed by atoms with E-state index in [1.807, 2.05) is 12.1 Å². The Morgan fingerprint density at radius 3 is 2.58 bits per heavy atom. The van der Waals surface area contributed by atoms with Crippen molar-refractivity contribution in [1.82, 2.24) is 5.43 Å². The van der Waals surface area contributed by atoms with Crippen molar-refractivity contribution in [1.29, 1.82) is 0 Å². The molecule has 0 saturated heterocycles. The maximum atomic E-state index is 11.7. The van der Waals surface area contributed by atoms with Crippen LogP contribution in [0, 0.1) is 10.1 Å². The minimum Gasteiger partial charge on any atom is -0.496 e. The molecule has 24 heavy (non-hydrogen) atoms. The zero-order valence-electron chi connectivity index (χ0n) is 12.8. The quantitative estimate of drug-likeness (QED) is 0.476. The molecule has 0 spiro atoms. The van der Waals surface area contributed by atoms with Gasteiger partial charge in [0.15, 0.2) is 12.4 Å². The second kappa shape index (κ2) is 8.28. The standard InChI is InChI=1S/C16H15N3O5/c1-23-14-8-4-2-6-12(14)10-17-18-16(20)11-24-15-9-5-3-7-13(15)19(21)22/h2-10H,11H2,1H3,(H,18,20)/b17-10-. The molecule has 2 aromatic rings. The molecule has 0 fully saturated rings. The number of benzene rings is 2. The predicted octanol–water partition coefficient (Wildman–Crippen LogP) is 2.13. The van der Waals surface area contributed by atoms with Crippen LogP contribution in [0.3, 0.4) is 0 Å². The highest BCUT2D eigenvalue weighted by atomic mass is 16.6. The molecule has 0 aliphatic heterocycles. The van der Waals surface area contributed by atoms with Gasteiger partial charge in [0.05, 0.1) is 18.2 Å². The molecule has 0 heterocycles. The van der Waals surface area contributed by atoms with Crippen LogP contribution in [0.1, 0.15) is 5.56 Å². The molecular formula is C16H15N3O5. The van der Waals surface area contributed by atoms with Gasteiger partial charge in [0.25, 0.3) is 5.91 Å². The zero-order valence-corrected chi connectivity index (χ0v) is 12.8. The normalized spacial score (nSPS) is 10.4. The van der Waals surface area contributed by atoms with Crippen LogP contribution in [0.2, 0.25) is 0 Å². The lowest BCUT2D eigenvalue weighted by molar-refractivity contribution is -0.385. The van der Waals surface area contributed by atoms with E-state index in [4.69, 9.17) is 9.47 Å². The van der Waals surface area contributed by atoms with Crippen molar-refractivity contribution >= 4 is 17.8 Å². The number of nitrogens with one attached hydrogen (secondary N) is 1. The number of carbonyl (C=O) groups excluding carboxylic acids is 1. The second-order valence-corrected chi connectivity index (χ2v) is 4.55. The van der Waals surface area contributed by atoms with E-state index in [1.54, 1.807) is 18.2 Å². The summed E-state index contributed by atoms with van der Waals surface area (Å²) in [6.07, 6.45) is 1.43. The van der Waals surface area contributed by atoms with Crippen LogP contribution in [-0.4, -0.2) is 30.8 Å². The number of amides is 1. The summed E-state index contributed by atoms with van der Waals surface area (Å²) in [7, 11) is 1.53. The fourth-order valence-corrected chi connectivity index (χ4v) is 1.85. The van der Waals surface area contributed by atoms with Crippen LogP contribution < -0.4 is 14.9 Å². The van der Waals surface area contributed by atoms with E-state index < -0.39 is 17.4 Å². The fourth-order valence-electron chi connectivity index (χ4n) is 1.85. The fraction of sp³-hybridized carbons (Fsp3) is 0.125. The average Bonchev–Trinajstić information content (AvgIpc) is 2.60. The topological polar surface area (TPSA) is 103 Å². The third-order valence-electron chi connectivity index (χ3n) is 2.95. The Morgan fingerprint density at radius 1 is 1.21 bits per heavy atom. The van der Waals surface area contributed by atoms with Crippen LogP contribution in [-0.2, 0) is 4.79 Å². The van der Waals surface area contributed by atoms with Crippen molar-refractivity contribution in [2.75, 3.05) is 13.7 Å². The maximum absolute atomic E-state index is 11.7. The minimum atomic E-state index is -0.576. The molecule has 1 N–H and O–H groups in total. The molecule has 124 valence electrons. The Labute approximate surface area is 137 Å². The second-order valence-electron chi connectivity index (χ2n) is 4.55. The molecule has 0 radical (unpaired) electrons. The maximum Gasteiger partial charge on any atom is 0.310 e. The lowest BCUT2D eigenvalue weighted by Crippen LogP contribution is -2.24. The van der Waals surface area contributed by atoms with Crippen LogP contribution in [0.25, 0.3) is 0 Å². The summed E-state index contributed by atoms with van der Waals surface area (Å²) in [5, 5.41) is 14.6. The third-order valence-corrected chi connectivity index (χ3v) is 2.95. The monoisotopic (exact) mass is 329 g/mol. The van der Waals surface area contributed by atoms with E-state index in [0.717, 1.165) is 0 Å². The molecule has 8 heteroatoms. The number of nitro benzene ring substituents is 1. The van der Waals surface area contributed by atoms with E-state index in [0.29, 0.717) is 11.3 Å². The lowest BCUT2D eigenvalue weighted by atomic mass is 10.2. The SMILES string of the molecule is COc1ccccc1/C=N\NC(=O)COc1ccccc1[N+](=O)[O-]. The van der Waals surface area contributed by atoms with Crippen molar-refractivity contribution in [3.63, 3.8) is 0 Å². The molecule has 0 atom stereocenters. The molecule has 2 aromatic carbocycles. The largest absolute Gasteiger partial charge is 0.496 e. The number of hydrogen-bond acceptors (Lipinski definition) is 6. The number of methoxy groups -OCH3 is 1. The number of carbonyl (C=O) groups is 1. The minimum absolute atomic E-state index is 0.0198. The van der Waals surface area contributed by atoms with Gasteiger partial charge in [-0.25, -0.2) is 5.43 Å². The molecule has 0 aliphatic rings. The summed E-state index contributed by atoms with van der Waals surface area (Å²) in [4.78, 5) is 22.0. The van der Waals surface area contributed by atoms with Crippen LogP contribution in [0.5, 0.6) is 11.5 Å². The summed E-state index contributed by atoms with van der Waals surface area (Å²) in [5.41, 5.74) is 2.77. The molecule has 8 nitrogen and oxygen atoms in total. The Kier molecular flexibility index (Phi) is 5.84. The highest BCUT2D eigenvalue weighted by molar-refractivity contribution is 5.85. The van der Waals surface area contributed by atoms with E-state index in [1.165, 1.54) is 31.5 Å². The molecule has 2 rings (SSSR count). The first kappa shape index (κ1) is 16.9. The van der Waals surface area contributed by atoms with E-state index in [9.17, 15) is 14.9 Å². The van der Waals surface area contributed by atoms with Gasteiger partial charge in [0.1, 0.15) is 5.75 Å². The molecule has 0 unspecified atom stereocenters. The Balaban J connectivity index is 1.90. The van der Waals surface area contributed by atoms with Gasteiger partial charge in [-0.3, -0.25) is 14.9 Å². The number of para-hydroxylation sites is 3. The summed E-state index contributed by atoms with van der Waals surface area (Å²) in [6.45, 7) is -0.395. The van der Waals surface area contributed by atoms with Gasteiger partial charge in [0.2, 0.25) is 0 Å². The predicted molar refractivity (Wildman–Crippen MR) is 87.3 cm³/mol. The first-order chi connectivity index (χ1) is 11.6. The highest BCUT2D eigenvalue weighted by Crippen LogP contribution is 2.25. The van der Waals surface area contributed by atoms with Crippen molar-refractivity contribution < 1.29 is 19.2 Å². The molecule has 0 aliphatic carbocycles. The van der Waals surface area contributed by atoms with Crippen molar-refractivity contribution in [2.24, 2.45) is 5.10 Å². The smallest absolute Gasteiger partial charge is 0.310 e. The van der Waals surface area contributed by atoms with Crippen molar-refractivity contribution in [3.8, 4) is 11.5 Å². The van der Waals surface area contributed by atoms with Gasteiger partial charge < -0.3 is 9.47 Å². The summed E-state index contributed by atoms with van der Waals surface area (Å²) in [5.74, 6) is 0.0947. The molecule has 0 bridgehead atoms. The van der Waals surface area contributed by atoms with Gasteiger partial charge >= 0.3 is 5.69 Å². The molecular weight excluding hydrogens is 314 g/mol. The first-order valence-electron chi connectivity index (χ1n) is 6.93. The lowest BCUT2D eigenvalue weighted by Gasteiger charge is -2.05. The van der Waals surface area contributed by atoms with Gasteiger partial charge in [-0.15, -0.1) is 0 Å². The van der Waals surface area contributed by atoms with E-state index >= 15 is 0 Å². The zero-order chi connectivity index (χ0) is 17.4. The number of nitro groups is 1. The van der Waals surface area contributed by atoms with Crippen molar-refractivity contribution in [2.45, 2.75) is 0 Å². The summed E-state index contributed by atoms with van der Waals surface area (Å²) >= 11 is 0. The third kappa shape index (κ3) is 4.54. The Bertz CT molecular complexity index is 761. The molecule has 0 aromatic heterocycles. The summed E-state index contributed by atoms with van der Waals surface area (Å²) in [6, 6.07) is 13.0. The van der Waals surface area contributed by atoms with Crippen LogP contribution in [0.4, 0.5) is 5.69 Å². The number of hydrogen-bond donors (Lipinski definition) is 1. The van der Waals surface area contributed by atoms with Crippen LogP contribution >= 0.6 is 0 Å². The van der Waals surface area contributed by atoms with Gasteiger partial charge in [-0.05, 0) is 18.2 Å². The first-order valence-corrected chi connectivity index (χ1v) is 6.93. The van der Waals surface area contributed by atoms with Gasteiger partial charge in [-0.2, -0.15) is 5.10 Å². The molecule has 1 amide bonds. The van der Waals surface area contributed by atoms with Crippen LogP contribution in [0.15, 0.2) is 53.6 Å². The molecule has 0 saturated carbocycles. The number of nitrogens with zero attached hydrogens (tertiary/aromatic N) is 2. The highest BCUT2D eigenvalue weighted by Gasteiger charge is 2.14. The van der Waals surface area contributed by atoms with Gasteiger partial charge in [-0.1, -0.05) is 24.3 Å².